The Bertz CT molecular complexity index is 491. The van der Waals surface area contributed by atoms with Gasteiger partial charge in [0.1, 0.15) is 0 Å². The van der Waals surface area contributed by atoms with Gasteiger partial charge in [-0.05, 0) is 38.2 Å². The predicted octanol–water partition coefficient (Wildman–Crippen LogP) is 5.10. The van der Waals surface area contributed by atoms with Gasteiger partial charge >= 0.3 is 7.82 Å². The number of rotatable bonds is 6. The number of hydrogen-bond acceptors (Lipinski definition) is 3. The first-order valence-corrected chi connectivity index (χ1v) is 8.67. The molecule has 0 fully saturated rings. The molecule has 0 saturated heterocycles. The SMILES string of the molecule is CC(OP(=O)(O)OC(C)(C)CC(C)(C)C)c1ccccc1. The Labute approximate surface area is 128 Å². The normalized spacial score (nSPS) is 17.3. The fourth-order valence-electron chi connectivity index (χ4n) is 2.63. The molecule has 2 unspecified atom stereocenters. The molecule has 0 spiro atoms. The third-order valence-corrected chi connectivity index (χ3v) is 4.19. The van der Waals surface area contributed by atoms with E-state index in [0.29, 0.717) is 6.42 Å². The van der Waals surface area contributed by atoms with Gasteiger partial charge in [0.05, 0.1) is 11.7 Å². The molecule has 4 nitrogen and oxygen atoms in total. The Morgan fingerprint density at radius 1 is 1.14 bits per heavy atom. The zero-order valence-electron chi connectivity index (χ0n) is 13.8. The van der Waals surface area contributed by atoms with Gasteiger partial charge in [-0.2, -0.15) is 0 Å². The van der Waals surface area contributed by atoms with Crippen molar-refractivity contribution in [1.29, 1.82) is 0 Å². The van der Waals surface area contributed by atoms with Crippen molar-refractivity contribution in [3.8, 4) is 0 Å². The van der Waals surface area contributed by atoms with Crippen LogP contribution in [0.4, 0.5) is 0 Å². The molecule has 1 aromatic carbocycles. The van der Waals surface area contributed by atoms with Crippen LogP contribution in [0.1, 0.15) is 59.6 Å². The highest BCUT2D eigenvalue weighted by atomic mass is 31.2. The first-order valence-electron chi connectivity index (χ1n) is 7.17. The standard InChI is InChI=1S/C16H27O4P/c1-13(14-10-8-7-9-11-14)19-21(17,18)20-16(5,6)12-15(2,3)4/h7-11,13H,12H2,1-6H3,(H,17,18). The molecule has 0 aliphatic rings. The lowest BCUT2D eigenvalue weighted by molar-refractivity contribution is 0.00993. The first kappa shape index (κ1) is 18.4. The lowest BCUT2D eigenvalue weighted by Crippen LogP contribution is -2.29. The maximum absolute atomic E-state index is 12.2. The van der Waals surface area contributed by atoms with E-state index < -0.39 is 19.5 Å². The molecule has 0 bridgehead atoms. The van der Waals surface area contributed by atoms with Crippen molar-refractivity contribution < 1.29 is 18.5 Å². The maximum Gasteiger partial charge on any atom is 0.473 e. The fraction of sp³-hybridized carbons (Fsp3) is 0.625. The van der Waals surface area contributed by atoms with Crippen LogP contribution in [0, 0.1) is 5.41 Å². The van der Waals surface area contributed by atoms with Crippen molar-refractivity contribution in [3.05, 3.63) is 35.9 Å². The molecular weight excluding hydrogens is 287 g/mol. The van der Waals surface area contributed by atoms with Crippen LogP contribution in [-0.4, -0.2) is 10.5 Å². The number of hydrogen-bond donors (Lipinski definition) is 1. The third kappa shape index (κ3) is 7.23. The summed E-state index contributed by atoms with van der Waals surface area (Å²) >= 11 is 0. The summed E-state index contributed by atoms with van der Waals surface area (Å²) in [7, 11) is -4.12. The molecule has 5 heteroatoms. The van der Waals surface area contributed by atoms with Crippen LogP contribution in [0.5, 0.6) is 0 Å². The molecule has 0 saturated carbocycles. The largest absolute Gasteiger partial charge is 0.473 e. The summed E-state index contributed by atoms with van der Waals surface area (Å²) in [4.78, 5) is 9.99. The van der Waals surface area contributed by atoms with Gasteiger partial charge in [0, 0.05) is 0 Å². The van der Waals surface area contributed by atoms with Gasteiger partial charge in [-0.1, -0.05) is 51.1 Å². The second-order valence-electron chi connectivity index (χ2n) is 7.22. The summed E-state index contributed by atoms with van der Waals surface area (Å²) in [5.74, 6) is 0. The first-order chi connectivity index (χ1) is 9.40. The average molecular weight is 314 g/mol. The molecule has 1 rings (SSSR count). The van der Waals surface area contributed by atoms with Gasteiger partial charge in [-0.25, -0.2) is 4.57 Å². The molecular formula is C16H27O4P. The van der Waals surface area contributed by atoms with E-state index in [-0.39, 0.29) is 5.41 Å². The van der Waals surface area contributed by atoms with Crippen molar-refractivity contribution in [3.63, 3.8) is 0 Å². The monoisotopic (exact) mass is 314 g/mol. The molecule has 0 aliphatic heterocycles. The molecule has 1 aromatic rings. The molecule has 2 atom stereocenters. The number of benzene rings is 1. The van der Waals surface area contributed by atoms with Crippen molar-refractivity contribution >= 4 is 7.82 Å². The Kier molecular flexibility index (Phi) is 5.79. The van der Waals surface area contributed by atoms with E-state index in [1.165, 1.54) is 0 Å². The lowest BCUT2D eigenvalue weighted by Gasteiger charge is -2.33. The predicted molar refractivity (Wildman–Crippen MR) is 85.0 cm³/mol. The topological polar surface area (TPSA) is 55.8 Å². The van der Waals surface area contributed by atoms with Gasteiger partial charge < -0.3 is 4.89 Å². The molecule has 120 valence electrons. The van der Waals surface area contributed by atoms with Crippen LogP contribution < -0.4 is 0 Å². The minimum Gasteiger partial charge on any atom is -0.302 e. The number of phosphoric ester groups is 1. The molecule has 0 aromatic heterocycles. The highest BCUT2D eigenvalue weighted by Crippen LogP contribution is 2.52. The minimum absolute atomic E-state index is 0.00541. The average Bonchev–Trinajstić information content (AvgIpc) is 2.24. The van der Waals surface area contributed by atoms with Crippen LogP contribution in [0.25, 0.3) is 0 Å². The van der Waals surface area contributed by atoms with Crippen LogP contribution in [-0.2, 0) is 13.6 Å². The highest BCUT2D eigenvalue weighted by molar-refractivity contribution is 7.47. The molecule has 0 aliphatic carbocycles. The second kappa shape index (κ2) is 6.62. The van der Waals surface area contributed by atoms with Crippen molar-refractivity contribution in [2.75, 3.05) is 0 Å². The summed E-state index contributed by atoms with van der Waals surface area (Å²) in [6, 6.07) is 9.32. The Balaban J connectivity index is 2.71. The number of phosphoric acid groups is 1. The second-order valence-corrected chi connectivity index (χ2v) is 8.55. The summed E-state index contributed by atoms with van der Waals surface area (Å²) in [6.45, 7) is 11.5. The zero-order valence-corrected chi connectivity index (χ0v) is 14.7. The van der Waals surface area contributed by atoms with Crippen LogP contribution in [0.3, 0.4) is 0 Å². The Morgan fingerprint density at radius 2 is 1.67 bits per heavy atom. The van der Waals surface area contributed by atoms with Gasteiger partial charge in [-0.15, -0.1) is 0 Å². The van der Waals surface area contributed by atoms with E-state index in [9.17, 15) is 9.46 Å². The molecule has 0 heterocycles. The Morgan fingerprint density at radius 3 is 2.14 bits per heavy atom. The molecule has 0 amide bonds. The van der Waals surface area contributed by atoms with Gasteiger partial charge in [0.2, 0.25) is 0 Å². The minimum atomic E-state index is -4.12. The summed E-state index contributed by atoms with van der Waals surface area (Å²) in [5.41, 5.74) is 0.0945. The molecule has 0 radical (unpaired) electrons. The van der Waals surface area contributed by atoms with Gasteiger partial charge in [-0.3, -0.25) is 9.05 Å². The maximum atomic E-state index is 12.2. The van der Waals surface area contributed by atoms with Crippen LogP contribution in [0.2, 0.25) is 0 Å². The van der Waals surface area contributed by atoms with E-state index in [2.05, 4.69) is 20.8 Å². The van der Waals surface area contributed by atoms with E-state index in [0.717, 1.165) is 5.56 Å². The van der Waals surface area contributed by atoms with Crippen LogP contribution >= 0.6 is 7.82 Å². The highest BCUT2D eigenvalue weighted by Gasteiger charge is 2.36. The lowest BCUT2D eigenvalue weighted by atomic mass is 9.84. The third-order valence-electron chi connectivity index (χ3n) is 2.88. The molecule has 21 heavy (non-hydrogen) atoms. The summed E-state index contributed by atoms with van der Waals surface area (Å²) in [6.07, 6.45) is 0.139. The van der Waals surface area contributed by atoms with E-state index in [4.69, 9.17) is 9.05 Å². The quantitative estimate of drug-likeness (QED) is 0.742. The van der Waals surface area contributed by atoms with Crippen molar-refractivity contribution in [2.24, 2.45) is 5.41 Å². The summed E-state index contributed by atoms with van der Waals surface area (Å²) in [5, 5.41) is 0. The van der Waals surface area contributed by atoms with E-state index >= 15 is 0 Å². The van der Waals surface area contributed by atoms with Crippen molar-refractivity contribution in [1.82, 2.24) is 0 Å². The molecule has 1 N–H and O–H groups in total. The fourth-order valence-corrected chi connectivity index (χ4v) is 3.88. The smallest absolute Gasteiger partial charge is 0.302 e. The van der Waals surface area contributed by atoms with E-state index in [1.807, 2.05) is 30.3 Å². The Hall–Kier alpha value is -0.670. The van der Waals surface area contributed by atoms with E-state index in [1.54, 1.807) is 20.8 Å². The van der Waals surface area contributed by atoms with Crippen molar-refractivity contribution in [2.45, 2.75) is 59.7 Å². The van der Waals surface area contributed by atoms with Crippen LogP contribution in [0.15, 0.2) is 30.3 Å². The zero-order chi connectivity index (χ0) is 16.3. The van der Waals surface area contributed by atoms with Gasteiger partial charge in [0.15, 0.2) is 0 Å². The van der Waals surface area contributed by atoms with Gasteiger partial charge in [0.25, 0.3) is 0 Å². The summed E-state index contributed by atoms with van der Waals surface area (Å²) < 4.78 is 22.9.